The van der Waals surface area contributed by atoms with Crippen LogP contribution in [0.5, 0.6) is 0 Å². The topological polar surface area (TPSA) is 97.4 Å². The maximum Gasteiger partial charge on any atom is 0.296 e. The van der Waals surface area contributed by atoms with Crippen LogP contribution in [0.1, 0.15) is 11.5 Å². The molecule has 7 nitrogen and oxygen atoms in total. The van der Waals surface area contributed by atoms with Gasteiger partial charge in [-0.05, 0) is 19.1 Å². The van der Waals surface area contributed by atoms with Crippen LogP contribution in [0.2, 0.25) is 0 Å². The fraction of sp³-hybridized carbons (Fsp3) is 0.300. The molecule has 0 aliphatic heterocycles. The zero-order valence-electron chi connectivity index (χ0n) is 9.91. The molecule has 0 aromatic carbocycles. The van der Waals surface area contributed by atoms with Crippen LogP contribution in [0.25, 0.3) is 0 Å². The first-order valence-corrected chi connectivity index (χ1v) is 6.64. The van der Waals surface area contributed by atoms with E-state index in [1.54, 1.807) is 17.8 Å². The van der Waals surface area contributed by atoms with Crippen LogP contribution in [-0.4, -0.2) is 23.3 Å². The highest BCUT2D eigenvalue weighted by Crippen LogP contribution is 2.18. The van der Waals surface area contributed by atoms with E-state index in [0.29, 0.717) is 0 Å². The lowest BCUT2D eigenvalue weighted by atomic mass is 10.5. The van der Waals surface area contributed by atoms with E-state index < -0.39 is 10.0 Å². The second kappa shape index (κ2) is 4.46. The summed E-state index contributed by atoms with van der Waals surface area (Å²) in [4.78, 5) is 0. The van der Waals surface area contributed by atoms with Crippen LogP contribution in [0.4, 0.5) is 5.82 Å². The SMILES string of the molecule is Cc1cc(NS(=O)(=O)c2ccc(CO)o2)nn1C. The number of sulfonamides is 1. The lowest BCUT2D eigenvalue weighted by Gasteiger charge is -2.01. The molecule has 0 radical (unpaired) electrons. The Hall–Kier alpha value is -1.80. The number of aliphatic hydroxyl groups excluding tert-OH is 1. The zero-order valence-corrected chi connectivity index (χ0v) is 10.7. The number of rotatable bonds is 4. The first-order chi connectivity index (χ1) is 8.42. The molecule has 2 aromatic rings. The Bertz CT molecular complexity index is 637. The Morgan fingerprint density at radius 1 is 1.50 bits per heavy atom. The summed E-state index contributed by atoms with van der Waals surface area (Å²) in [6.45, 7) is 1.46. The average molecular weight is 271 g/mol. The quantitative estimate of drug-likeness (QED) is 0.849. The summed E-state index contributed by atoms with van der Waals surface area (Å²) in [5, 5.41) is 12.5. The molecule has 2 aromatic heterocycles. The van der Waals surface area contributed by atoms with Gasteiger partial charge in [-0.2, -0.15) is 13.5 Å². The van der Waals surface area contributed by atoms with Gasteiger partial charge in [-0.25, -0.2) is 0 Å². The number of nitrogens with zero attached hydrogens (tertiary/aromatic N) is 2. The summed E-state index contributed by atoms with van der Waals surface area (Å²) in [5.74, 6) is 0.407. The van der Waals surface area contributed by atoms with E-state index in [-0.39, 0.29) is 23.3 Å². The van der Waals surface area contributed by atoms with E-state index in [9.17, 15) is 8.42 Å². The molecule has 0 amide bonds. The molecule has 0 spiro atoms. The molecule has 0 bridgehead atoms. The number of furan rings is 1. The summed E-state index contributed by atoms with van der Waals surface area (Å²) < 4.78 is 32.7. The molecule has 0 atom stereocenters. The molecule has 0 aliphatic carbocycles. The van der Waals surface area contributed by atoms with Crippen LogP contribution in [0, 0.1) is 6.92 Å². The normalized spacial score (nSPS) is 11.7. The summed E-state index contributed by atoms with van der Waals surface area (Å²) in [6.07, 6.45) is 0. The largest absolute Gasteiger partial charge is 0.445 e. The van der Waals surface area contributed by atoms with Crippen molar-refractivity contribution in [2.24, 2.45) is 7.05 Å². The minimum atomic E-state index is -3.81. The molecule has 2 heterocycles. The third-order valence-corrected chi connectivity index (χ3v) is 3.64. The number of aromatic nitrogens is 2. The van der Waals surface area contributed by atoms with Crippen LogP contribution >= 0.6 is 0 Å². The fourth-order valence-corrected chi connectivity index (χ4v) is 2.33. The van der Waals surface area contributed by atoms with Crippen molar-refractivity contribution in [2.75, 3.05) is 4.72 Å². The molecule has 0 unspecified atom stereocenters. The smallest absolute Gasteiger partial charge is 0.296 e. The zero-order chi connectivity index (χ0) is 13.3. The Balaban J connectivity index is 2.26. The van der Waals surface area contributed by atoms with Gasteiger partial charge in [0.05, 0.1) is 0 Å². The molecular formula is C10H13N3O4S. The summed E-state index contributed by atoms with van der Waals surface area (Å²) in [5.41, 5.74) is 0.822. The molecule has 2 rings (SSSR count). The molecule has 98 valence electrons. The van der Waals surface area contributed by atoms with Crippen molar-refractivity contribution in [3.8, 4) is 0 Å². The van der Waals surface area contributed by atoms with Gasteiger partial charge in [-0.1, -0.05) is 0 Å². The third kappa shape index (κ3) is 2.39. The Kier molecular flexibility index (Phi) is 3.14. The second-order valence-electron chi connectivity index (χ2n) is 3.78. The van der Waals surface area contributed by atoms with Gasteiger partial charge in [0.1, 0.15) is 12.4 Å². The monoisotopic (exact) mass is 271 g/mol. The summed E-state index contributed by atoms with van der Waals surface area (Å²) in [7, 11) is -2.10. The van der Waals surface area contributed by atoms with Gasteiger partial charge in [0.25, 0.3) is 10.0 Å². The summed E-state index contributed by atoms with van der Waals surface area (Å²) >= 11 is 0. The maximum atomic E-state index is 11.9. The number of hydrogen-bond donors (Lipinski definition) is 2. The number of anilines is 1. The van der Waals surface area contributed by atoms with Crippen LogP contribution in [0.15, 0.2) is 27.7 Å². The third-order valence-electron chi connectivity index (χ3n) is 2.41. The van der Waals surface area contributed by atoms with E-state index in [1.807, 2.05) is 6.92 Å². The van der Waals surface area contributed by atoms with Crippen molar-refractivity contribution in [1.82, 2.24) is 9.78 Å². The highest BCUT2D eigenvalue weighted by Gasteiger charge is 2.20. The first-order valence-electron chi connectivity index (χ1n) is 5.15. The molecule has 0 saturated heterocycles. The predicted octanol–water partition coefficient (Wildman–Crippen LogP) is 0.615. The van der Waals surface area contributed by atoms with Crippen molar-refractivity contribution in [3.05, 3.63) is 29.7 Å². The minimum Gasteiger partial charge on any atom is -0.445 e. The molecule has 8 heteroatoms. The minimum absolute atomic E-state index is 0.188. The average Bonchev–Trinajstić information content (AvgIpc) is 2.86. The molecule has 2 N–H and O–H groups in total. The van der Waals surface area contributed by atoms with Crippen LogP contribution < -0.4 is 4.72 Å². The van der Waals surface area contributed by atoms with E-state index in [4.69, 9.17) is 9.52 Å². The lowest BCUT2D eigenvalue weighted by molar-refractivity contribution is 0.236. The van der Waals surface area contributed by atoms with E-state index in [1.165, 1.54) is 12.1 Å². The number of aliphatic hydroxyl groups is 1. The molecule has 0 aliphatic rings. The Morgan fingerprint density at radius 2 is 2.22 bits per heavy atom. The maximum absolute atomic E-state index is 11.9. The van der Waals surface area contributed by atoms with Crippen molar-refractivity contribution >= 4 is 15.8 Å². The van der Waals surface area contributed by atoms with E-state index >= 15 is 0 Å². The van der Waals surface area contributed by atoms with Crippen LogP contribution in [0.3, 0.4) is 0 Å². The Labute approximate surface area is 104 Å². The van der Waals surface area contributed by atoms with Crippen molar-refractivity contribution in [3.63, 3.8) is 0 Å². The lowest BCUT2D eigenvalue weighted by Crippen LogP contribution is -2.12. The van der Waals surface area contributed by atoms with Crippen molar-refractivity contribution < 1.29 is 17.9 Å². The molecule has 0 saturated carbocycles. The van der Waals surface area contributed by atoms with Gasteiger partial charge in [-0.15, -0.1) is 0 Å². The van der Waals surface area contributed by atoms with Gasteiger partial charge in [0, 0.05) is 18.8 Å². The van der Waals surface area contributed by atoms with Gasteiger partial charge >= 0.3 is 0 Å². The highest BCUT2D eigenvalue weighted by atomic mass is 32.2. The molecular weight excluding hydrogens is 258 g/mol. The van der Waals surface area contributed by atoms with Gasteiger partial charge in [-0.3, -0.25) is 9.40 Å². The molecule has 0 fully saturated rings. The van der Waals surface area contributed by atoms with Crippen LogP contribution in [-0.2, 0) is 23.7 Å². The van der Waals surface area contributed by atoms with Gasteiger partial charge < -0.3 is 9.52 Å². The molecule has 18 heavy (non-hydrogen) atoms. The second-order valence-corrected chi connectivity index (χ2v) is 5.39. The fourth-order valence-electron chi connectivity index (χ4n) is 1.39. The van der Waals surface area contributed by atoms with Crippen molar-refractivity contribution in [1.29, 1.82) is 0 Å². The predicted molar refractivity (Wildman–Crippen MR) is 63.4 cm³/mol. The van der Waals surface area contributed by atoms with Crippen molar-refractivity contribution in [2.45, 2.75) is 18.6 Å². The van der Waals surface area contributed by atoms with E-state index in [0.717, 1.165) is 5.69 Å². The summed E-state index contributed by atoms with van der Waals surface area (Å²) in [6, 6.07) is 4.29. The number of aryl methyl sites for hydroxylation is 2. The van der Waals surface area contributed by atoms with Gasteiger partial charge in [0.2, 0.25) is 5.09 Å². The number of hydrogen-bond acceptors (Lipinski definition) is 5. The Morgan fingerprint density at radius 3 is 2.72 bits per heavy atom. The number of nitrogens with one attached hydrogen (secondary N) is 1. The van der Waals surface area contributed by atoms with Gasteiger partial charge in [0.15, 0.2) is 5.82 Å². The first kappa shape index (κ1) is 12.7. The highest BCUT2D eigenvalue weighted by molar-refractivity contribution is 7.92. The van der Waals surface area contributed by atoms with E-state index in [2.05, 4.69) is 9.82 Å². The standard InChI is InChI=1S/C10H13N3O4S/c1-7-5-9(11-13(7)2)12-18(15,16)10-4-3-8(6-14)17-10/h3-5,14H,6H2,1-2H3,(H,11,12).